The van der Waals surface area contributed by atoms with Crippen LogP contribution in [-0.2, 0) is 42.7 Å². The number of hydrogen-bond acceptors (Lipinski definition) is 13. The van der Waals surface area contributed by atoms with E-state index in [1.165, 1.54) is 0 Å². The summed E-state index contributed by atoms with van der Waals surface area (Å²) in [5.74, 6) is -2.17. The Kier molecular flexibility index (Phi) is 17.6. The molecule has 3 rings (SSSR count). The number of carbonyl (C=O) groups is 4. The van der Waals surface area contributed by atoms with E-state index in [-0.39, 0.29) is 24.0 Å². The van der Waals surface area contributed by atoms with Gasteiger partial charge in [-0.3, -0.25) is 29.4 Å². The van der Waals surface area contributed by atoms with Gasteiger partial charge in [-0.1, -0.05) is 11.2 Å². The van der Waals surface area contributed by atoms with Gasteiger partial charge in [-0.25, -0.2) is 0 Å². The molecule has 2 N–H and O–H groups in total. The maximum absolute atomic E-state index is 13.1. The minimum atomic E-state index is -1.01. The van der Waals surface area contributed by atoms with E-state index < -0.39 is 29.7 Å². The quantitative estimate of drug-likeness (QED) is 0.0472. The predicted octanol–water partition coefficient (Wildman–Crippen LogP) is 0.926. The number of fused-ring (bicyclic) bond motifs is 1. The van der Waals surface area contributed by atoms with Crippen LogP contribution in [-0.4, -0.2) is 140 Å². The third-order valence-electron chi connectivity index (χ3n) is 6.66. The summed E-state index contributed by atoms with van der Waals surface area (Å²) in [6, 6.07) is 3.89. The van der Waals surface area contributed by atoms with Crippen LogP contribution in [0.15, 0.2) is 23.3 Å². The van der Waals surface area contributed by atoms with Gasteiger partial charge >= 0.3 is 0 Å². The number of piperidine rings is 1. The Balaban J connectivity index is 1.11. The van der Waals surface area contributed by atoms with Crippen molar-refractivity contribution >= 4 is 29.3 Å². The van der Waals surface area contributed by atoms with Crippen LogP contribution in [0.3, 0.4) is 0 Å². The van der Waals surface area contributed by atoms with Gasteiger partial charge < -0.3 is 38.5 Å². The van der Waals surface area contributed by atoms with E-state index in [2.05, 4.69) is 20.7 Å². The van der Waals surface area contributed by atoms with Crippen molar-refractivity contribution in [2.75, 3.05) is 111 Å². The lowest BCUT2D eigenvalue weighted by Gasteiger charge is -2.27. The number of benzene rings is 1. The van der Waals surface area contributed by atoms with Crippen LogP contribution < -0.4 is 10.6 Å². The van der Waals surface area contributed by atoms with Crippen molar-refractivity contribution in [2.45, 2.75) is 18.9 Å². The van der Waals surface area contributed by atoms with Crippen molar-refractivity contribution in [1.82, 2.24) is 10.2 Å². The second-order valence-electron chi connectivity index (χ2n) is 9.84. The molecule has 2 heterocycles. The highest BCUT2D eigenvalue weighted by atomic mass is 16.6. The fraction of sp³-hybridized carbons (Fsp3) is 0.655. The highest BCUT2D eigenvalue weighted by Gasteiger charge is 2.45. The molecule has 0 spiro atoms. The SMILES string of the molecule is [N-]=[N+]=NCCOCCOCCOCCOCCOCCOCCOCCNc1cccc2c1C(=O)N(C1CCC(=O)NC1=O)C2=O. The Morgan fingerprint density at radius 1 is 0.761 bits per heavy atom. The zero-order chi connectivity index (χ0) is 32.8. The van der Waals surface area contributed by atoms with Gasteiger partial charge in [0.2, 0.25) is 11.8 Å². The molecule has 0 radical (unpaired) electrons. The van der Waals surface area contributed by atoms with Gasteiger partial charge in [0.15, 0.2) is 0 Å². The van der Waals surface area contributed by atoms with Crippen LogP contribution in [0.2, 0.25) is 0 Å². The number of azide groups is 1. The Morgan fingerprint density at radius 2 is 1.28 bits per heavy atom. The van der Waals surface area contributed by atoms with E-state index in [0.717, 1.165) is 4.90 Å². The summed E-state index contributed by atoms with van der Waals surface area (Å²) in [5, 5.41) is 8.68. The molecule has 2 aliphatic rings. The zero-order valence-electron chi connectivity index (χ0n) is 25.8. The number of amides is 4. The molecule has 1 fully saturated rings. The molecule has 0 bridgehead atoms. The molecule has 2 aliphatic heterocycles. The first-order valence-electron chi connectivity index (χ1n) is 15.2. The van der Waals surface area contributed by atoms with E-state index >= 15 is 0 Å². The zero-order valence-corrected chi connectivity index (χ0v) is 25.8. The molecule has 0 aromatic heterocycles. The van der Waals surface area contributed by atoms with Gasteiger partial charge in [0.1, 0.15) is 6.04 Å². The monoisotopic (exact) mass is 650 g/mol. The van der Waals surface area contributed by atoms with Crippen LogP contribution in [0, 0.1) is 0 Å². The first-order chi connectivity index (χ1) is 22.5. The molecule has 1 atom stereocenters. The number of anilines is 1. The average Bonchev–Trinajstić information content (AvgIpc) is 3.30. The second kappa shape index (κ2) is 22.0. The topological polar surface area (TPSA) is 209 Å². The van der Waals surface area contributed by atoms with E-state index in [1.807, 2.05) is 0 Å². The van der Waals surface area contributed by atoms with Crippen LogP contribution in [0.5, 0.6) is 0 Å². The summed E-state index contributed by atoms with van der Waals surface area (Å²) < 4.78 is 37.9. The number of nitrogens with one attached hydrogen (secondary N) is 2. The van der Waals surface area contributed by atoms with Gasteiger partial charge in [-0.15, -0.1) is 0 Å². The van der Waals surface area contributed by atoms with Crippen molar-refractivity contribution in [3.63, 3.8) is 0 Å². The fourth-order valence-electron chi connectivity index (χ4n) is 4.49. The summed E-state index contributed by atoms with van der Waals surface area (Å²) in [6.45, 7) is 6.62. The molecule has 46 heavy (non-hydrogen) atoms. The lowest BCUT2D eigenvalue weighted by Crippen LogP contribution is -2.54. The van der Waals surface area contributed by atoms with Crippen LogP contribution >= 0.6 is 0 Å². The van der Waals surface area contributed by atoms with E-state index in [0.29, 0.717) is 111 Å². The smallest absolute Gasteiger partial charge is 0.264 e. The minimum Gasteiger partial charge on any atom is -0.382 e. The van der Waals surface area contributed by atoms with Crippen molar-refractivity contribution in [1.29, 1.82) is 0 Å². The van der Waals surface area contributed by atoms with E-state index in [4.69, 9.17) is 38.7 Å². The van der Waals surface area contributed by atoms with E-state index in [9.17, 15) is 19.2 Å². The van der Waals surface area contributed by atoms with Crippen LogP contribution in [0.4, 0.5) is 5.69 Å². The summed E-state index contributed by atoms with van der Waals surface area (Å²) in [5.41, 5.74) is 9.04. The summed E-state index contributed by atoms with van der Waals surface area (Å²) in [4.78, 5) is 53.3. The second-order valence-corrected chi connectivity index (χ2v) is 9.84. The largest absolute Gasteiger partial charge is 0.382 e. The van der Waals surface area contributed by atoms with Gasteiger partial charge in [-0.2, -0.15) is 0 Å². The summed E-state index contributed by atoms with van der Waals surface area (Å²) in [7, 11) is 0. The average molecular weight is 651 g/mol. The molecule has 254 valence electrons. The molecule has 4 amide bonds. The van der Waals surface area contributed by atoms with Crippen molar-refractivity contribution in [3.8, 4) is 0 Å². The predicted molar refractivity (Wildman–Crippen MR) is 161 cm³/mol. The lowest BCUT2D eigenvalue weighted by molar-refractivity contribution is -0.136. The van der Waals surface area contributed by atoms with Crippen LogP contribution in [0.25, 0.3) is 10.4 Å². The number of rotatable bonds is 26. The molecular formula is C29H42N6O11. The molecule has 1 saturated heterocycles. The molecule has 0 saturated carbocycles. The van der Waals surface area contributed by atoms with E-state index in [1.54, 1.807) is 18.2 Å². The molecule has 1 aromatic carbocycles. The normalized spacial score (nSPS) is 16.0. The lowest BCUT2D eigenvalue weighted by atomic mass is 10.0. The maximum Gasteiger partial charge on any atom is 0.264 e. The molecular weight excluding hydrogens is 608 g/mol. The Bertz CT molecular complexity index is 1180. The molecule has 17 nitrogen and oxygen atoms in total. The Morgan fingerprint density at radius 3 is 1.80 bits per heavy atom. The van der Waals surface area contributed by atoms with Gasteiger partial charge in [0, 0.05) is 30.1 Å². The van der Waals surface area contributed by atoms with Crippen molar-refractivity contribution in [3.05, 3.63) is 39.8 Å². The third kappa shape index (κ3) is 12.6. The number of carbonyl (C=O) groups excluding carboxylic acids is 4. The molecule has 1 unspecified atom stereocenters. The number of imide groups is 2. The molecule has 17 heteroatoms. The van der Waals surface area contributed by atoms with Crippen LogP contribution in [0.1, 0.15) is 33.6 Å². The summed E-state index contributed by atoms with van der Waals surface area (Å²) in [6.07, 6.45) is 0.169. The number of ether oxygens (including phenoxy) is 7. The van der Waals surface area contributed by atoms with Crippen molar-refractivity contribution < 1.29 is 52.3 Å². The minimum absolute atomic E-state index is 0.0655. The number of nitrogens with zero attached hydrogens (tertiary/aromatic N) is 4. The van der Waals surface area contributed by atoms with Gasteiger partial charge in [0.25, 0.3) is 11.8 Å². The first-order valence-corrected chi connectivity index (χ1v) is 15.2. The molecule has 0 aliphatic carbocycles. The first kappa shape index (κ1) is 36.8. The number of hydrogen-bond donors (Lipinski definition) is 2. The van der Waals surface area contributed by atoms with Gasteiger partial charge in [0.05, 0.1) is 104 Å². The maximum atomic E-state index is 13.1. The summed E-state index contributed by atoms with van der Waals surface area (Å²) >= 11 is 0. The fourth-order valence-corrected chi connectivity index (χ4v) is 4.49. The Labute approximate surface area is 266 Å². The highest BCUT2D eigenvalue weighted by molar-refractivity contribution is 6.25. The highest BCUT2D eigenvalue weighted by Crippen LogP contribution is 2.32. The Hall–Kier alpha value is -3.67. The standard InChI is InChI=1S/C29H42N6O11/c30-34-32-7-9-41-11-13-43-15-17-45-19-21-46-20-18-44-16-14-42-12-10-40-8-6-31-23-3-1-2-22-26(23)29(39)35(28(22)38)24-4-5-25(36)33-27(24)37/h1-3,24,31H,4-21H2,(H,33,36,37). The van der Waals surface area contributed by atoms with Gasteiger partial charge in [-0.05, 0) is 24.1 Å². The van der Waals surface area contributed by atoms with Crippen molar-refractivity contribution in [2.24, 2.45) is 5.11 Å². The third-order valence-corrected chi connectivity index (χ3v) is 6.66. The molecule has 1 aromatic rings.